The number of nitrogens with one attached hydrogen (secondary N) is 3. The van der Waals surface area contributed by atoms with Crippen LogP contribution in [0.2, 0.25) is 0 Å². The number of aliphatic hydroxyl groups is 2. The molecule has 10 heteroatoms. The molecule has 9 nitrogen and oxygen atoms in total. The van der Waals surface area contributed by atoms with Crippen molar-refractivity contribution in [3.05, 3.63) is 35.9 Å². The molecule has 1 saturated carbocycles. The summed E-state index contributed by atoms with van der Waals surface area (Å²) in [6.07, 6.45) is 5.27. The van der Waals surface area contributed by atoms with E-state index in [1.165, 1.54) is 0 Å². The molecule has 1 aromatic rings. The first kappa shape index (κ1) is 34.2. The van der Waals surface area contributed by atoms with Crippen LogP contribution in [0, 0.1) is 11.8 Å². The molecule has 0 aromatic heterocycles. The molecule has 5 N–H and O–H groups in total. The van der Waals surface area contributed by atoms with Crippen LogP contribution in [0.25, 0.3) is 0 Å². The molecule has 0 bridgehead atoms. The van der Waals surface area contributed by atoms with Crippen LogP contribution >= 0.6 is 0 Å². The van der Waals surface area contributed by atoms with Crippen LogP contribution in [-0.2, 0) is 26.0 Å². The third-order valence-corrected chi connectivity index (χ3v) is 8.96. The van der Waals surface area contributed by atoms with Crippen molar-refractivity contribution in [3.8, 4) is 0 Å². The number of benzene rings is 1. The molecule has 1 aliphatic carbocycles. The number of aryl methyl sites for hydroxylation is 1. The number of rotatable bonds is 18. The van der Waals surface area contributed by atoms with Crippen molar-refractivity contribution in [3.63, 3.8) is 0 Å². The van der Waals surface area contributed by atoms with E-state index in [4.69, 9.17) is 0 Å². The van der Waals surface area contributed by atoms with Crippen molar-refractivity contribution in [1.29, 1.82) is 0 Å². The zero-order valence-electron chi connectivity index (χ0n) is 24.5. The molecule has 0 saturated heterocycles. The fourth-order valence-electron chi connectivity index (χ4n) is 5.28. The van der Waals surface area contributed by atoms with Crippen molar-refractivity contribution >= 4 is 21.8 Å². The summed E-state index contributed by atoms with van der Waals surface area (Å²) in [5.41, 5.74) is 1.03. The Morgan fingerprint density at radius 2 is 1.70 bits per heavy atom. The van der Waals surface area contributed by atoms with Crippen LogP contribution < -0.4 is 15.4 Å². The zero-order valence-corrected chi connectivity index (χ0v) is 25.3. The lowest BCUT2D eigenvalue weighted by Crippen LogP contribution is -2.56. The van der Waals surface area contributed by atoms with Gasteiger partial charge in [-0.2, -0.15) is 0 Å². The molecular formula is C30H51N3O6S. The SMILES string of the molecule is CCCCNS(=O)(=O)C[C@@H](O)C(O)[C@@H](CC1CCCCC1)NC(=O)[C@H](CC(C)C)NC(=O)CCc1ccccc1. The van der Waals surface area contributed by atoms with Gasteiger partial charge in [0.05, 0.1) is 17.9 Å². The molecule has 4 atom stereocenters. The van der Waals surface area contributed by atoms with E-state index >= 15 is 0 Å². The molecule has 0 aliphatic heterocycles. The van der Waals surface area contributed by atoms with Gasteiger partial charge in [0, 0.05) is 13.0 Å². The molecule has 0 radical (unpaired) electrons. The summed E-state index contributed by atoms with van der Waals surface area (Å²) >= 11 is 0. The second-order valence-electron chi connectivity index (χ2n) is 11.7. The molecule has 228 valence electrons. The quantitative estimate of drug-likeness (QED) is 0.169. The van der Waals surface area contributed by atoms with Gasteiger partial charge in [0.1, 0.15) is 12.1 Å². The predicted molar refractivity (Wildman–Crippen MR) is 158 cm³/mol. The molecule has 1 fully saturated rings. The van der Waals surface area contributed by atoms with Gasteiger partial charge >= 0.3 is 0 Å². The average molecular weight is 582 g/mol. The largest absolute Gasteiger partial charge is 0.389 e. The van der Waals surface area contributed by atoms with E-state index in [1.54, 1.807) is 0 Å². The minimum absolute atomic E-state index is 0.122. The molecule has 2 amide bonds. The molecular weight excluding hydrogens is 530 g/mol. The smallest absolute Gasteiger partial charge is 0.242 e. The van der Waals surface area contributed by atoms with E-state index in [0.717, 1.165) is 44.1 Å². The minimum Gasteiger partial charge on any atom is -0.389 e. The van der Waals surface area contributed by atoms with Crippen molar-refractivity contribution in [1.82, 2.24) is 15.4 Å². The number of carbonyl (C=O) groups is 2. The molecule has 40 heavy (non-hydrogen) atoms. The number of hydrogen-bond acceptors (Lipinski definition) is 6. The van der Waals surface area contributed by atoms with Crippen molar-refractivity contribution in [2.24, 2.45) is 11.8 Å². The number of carbonyl (C=O) groups excluding carboxylic acids is 2. The fraction of sp³-hybridized carbons (Fsp3) is 0.733. The van der Waals surface area contributed by atoms with E-state index in [1.807, 2.05) is 51.1 Å². The summed E-state index contributed by atoms with van der Waals surface area (Å²) in [6, 6.07) is 8.01. The topological polar surface area (TPSA) is 145 Å². The number of aliphatic hydroxyl groups excluding tert-OH is 2. The van der Waals surface area contributed by atoms with Gasteiger partial charge in [0.25, 0.3) is 0 Å². The first-order valence-corrected chi connectivity index (χ1v) is 16.6. The fourth-order valence-corrected chi connectivity index (χ4v) is 6.50. The predicted octanol–water partition coefficient (Wildman–Crippen LogP) is 3.05. The summed E-state index contributed by atoms with van der Waals surface area (Å²) in [5, 5.41) is 27.6. The van der Waals surface area contributed by atoms with Crippen LogP contribution in [0.5, 0.6) is 0 Å². The Labute approximate surface area is 241 Å². The molecule has 1 aromatic carbocycles. The Morgan fingerprint density at radius 1 is 1.02 bits per heavy atom. The summed E-state index contributed by atoms with van der Waals surface area (Å²) in [4.78, 5) is 26.2. The maximum absolute atomic E-state index is 13.5. The summed E-state index contributed by atoms with van der Waals surface area (Å²) in [5.74, 6) is -0.947. The normalized spacial score (nSPS) is 17.6. The maximum atomic E-state index is 13.5. The summed E-state index contributed by atoms with van der Waals surface area (Å²) in [6.45, 7) is 6.14. The van der Waals surface area contributed by atoms with E-state index in [-0.39, 0.29) is 30.7 Å². The third kappa shape index (κ3) is 13.1. The highest BCUT2D eigenvalue weighted by Gasteiger charge is 2.34. The van der Waals surface area contributed by atoms with Crippen LogP contribution in [0.1, 0.15) is 90.5 Å². The highest BCUT2D eigenvalue weighted by atomic mass is 32.2. The lowest BCUT2D eigenvalue weighted by atomic mass is 9.83. The van der Waals surface area contributed by atoms with E-state index < -0.39 is 46.0 Å². The van der Waals surface area contributed by atoms with E-state index in [9.17, 15) is 28.2 Å². The van der Waals surface area contributed by atoms with Crippen LogP contribution in [0.4, 0.5) is 0 Å². The van der Waals surface area contributed by atoms with Gasteiger partial charge in [0.2, 0.25) is 21.8 Å². The van der Waals surface area contributed by atoms with Gasteiger partial charge in [-0.3, -0.25) is 9.59 Å². The highest BCUT2D eigenvalue weighted by molar-refractivity contribution is 7.89. The van der Waals surface area contributed by atoms with Crippen molar-refractivity contribution < 1.29 is 28.2 Å². The molecule has 1 aliphatic rings. The maximum Gasteiger partial charge on any atom is 0.242 e. The molecule has 1 unspecified atom stereocenters. The van der Waals surface area contributed by atoms with Gasteiger partial charge < -0.3 is 20.8 Å². The summed E-state index contributed by atoms with van der Waals surface area (Å²) < 4.78 is 27.4. The number of sulfonamides is 1. The molecule has 0 spiro atoms. The third-order valence-electron chi connectivity index (χ3n) is 7.53. The van der Waals surface area contributed by atoms with E-state index in [2.05, 4.69) is 15.4 Å². The first-order valence-electron chi connectivity index (χ1n) is 15.0. The average Bonchev–Trinajstić information content (AvgIpc) is 2.91. The highest BCUT2D eigenvalue weighted by Crippen LogP contribution is 2.28. The van der Waals surface area contributed by atoms with Crippen LogP contribution in [0.3, 0.4) is 0 Å². The second kappa shape index (κ2) is 17.7. The number of hydrogen-bond donors (Lipinski definition) is 5. The standard InChI is InChI=1S/C30H51N3O6S/c1-4-5-18-31-40(38,39)21-27(34)29(36)25(20-24-14-10-7-11-15-24)33-30(37)26(19-22(2)3)32-28(35)17-16-23-12-8-6-9-13-23/h6,8-9,12-13,22,24-27,29,31,34,36H,4-5,7,10-11,14-21H2,1-3H3,(H,32,35)(H,33,37)/t25-,26+,27-,29?/m1/s1. The molecule has 0 heterocycles. The number of amides is 2. The molecule has 2 rings (SSSR count). The Bertz CT molecular complexity index is 982. The van der Waals surface area contributed by atoms with Crippen LogP contribution in [-0.4, -0.2) is 67.0 Å². The van der Waals surface area contributed by atoms with Crippen molar-refractivity contribution in [2.45, 2.75) is 116 Å². The Morgan fingerprint density at radius 3 is 2.33 bits per heavy atom. The Hall–Kier alpha value is -2.01. The zero-order chi connectivity index (χ0) is 29.5. The van der Waals surface area contributed by atoms with Crippen LogP contribution in [0.15, 0.2) is 30.3 Å². The van der Waals surface area contributed by atoms with Gasteiger partial charge in [0.15, 0.2) is 0 Å². The lowest BCUT2D eigenvalue weighted by Gasteiger charge is -2.33. The number of unbranched alkanes of at least 4 members (excludes halogenated alkanes) is 1. The van der Waals surface area contributed by atoms with Gasteiger partial charge in [-0.25, -0.2) is 13.1 Å². The second-order valence-corrected chi connectivity index (χ2v) is 13.5. The first-order chi connectivity index (χ1) is 19.0. The monoisotopic (exact) mass is 581 g/mol. The minimum atomic E-state index is -3.80. The Balaban J connectivity index is 2.10. The van der Waals surface area contributed by atoms with E-state index in [0.29, 0.717) is 25.7 Å². The Kier molecular flexibility index (Phi) is 15.2. The summed E-state index contributed by atoms with van der Waals surface area (Å²) in [7, 11) is -3.80. The lowest BCUT2D eigenvalue weighted by molar-refractivity contribution is -0.131. The van der Waals surface area contributed by atoms with Crippen molar-refractivity contribution in [2.75, 3.05) is 12.3 Å². The van der Waals surface area contributed by atoms with Gasteiger partial charge in [-0.05, 0) is 43.1 Å². The van der Waals surface area contributed by atoms with Gasteiger partial charge in [-0.15, -0.1) is 0 Å². The van der Waals surface area contributed by atoms with Gasteiger partial charge in [-0.1, -0.05) is 89.6 Å².